The highest BCUT2D eigenvalue weighted by molar-refractivity contribution is 5.98. The third-order valence-electron chi connectivity index (χ3n) is 15.9. The first-order chi connectivity index (χ1) is 53.4. The molecule has 3 aliphatic rings. The van der Waals surface area contributed by atoms with Crippen molar-refractivity contribution >= 4 is 64.6 Å². The van der Waals surface area contributed by atoms with E-state index in [9.17, 15) is 52.7 Å². The molecule has 0 aromatic carbocycles. The van der Waals surface area contributed by atoms with Gasteiger partial charge in [-0.2, -0.15) is 0 Å². The molecule has 0 aromatic rings. The van der Waals surface area contributed by atoms with Crippen LogP contribution in [0.4, 0.5) is 0 Å². The summed E-state index contributed by atoms with van der Waals surface area (Å²) in [6.07, 6.45) is -0.879. The number of ether oxygens (including phenoxy) is 5. The van der Waals surface area contributed by atoms with E-state index in [1.165, 1.54) is 20.8 Å². The largest absolute Gasteiger partial charge is 0.464 e. The minimum atomic E-state index is -2.60. The van der Waals surface area contributed by atoms with Crippen LogP contribution in [0, 0.1) is 82.8 Å². The molecule has 5 unspecified atom stereocenters. The van der Waals surface area contributed by atoms with E-state index in [1.54, 1.807) is 41.7 Å². The maximum Gasteiger partial charge on any atom is 0.338 e. The molecule has 16 atom stereocenters. The molecule has 0 aliphatic carbocycles. The van der Waals surface area contributed by atoms with Crippen molar-refractivity contribution < 1.29 is 99.7 Å². The molecule has 3 saturated heterocycles. The van der Waals surface area contributed by atoms with Crippen LogP contribution in [0.2, 0.25) is 0 Å². The quantitative estimate of drug-likeness (QED) is 0.0244. The molecule has 102 heavy (non-hydrogen) atoms. The number of hydrogen-bond donors (Lipinski definition) is 6. The van der Waals surface area contributed by atoms with Crippen LogP contribution >= 0.6 is 0 Å². The number of esters is 2. The third kappa shape index (κ3) is 50.3. The van der Waals surface area contributed by atoms with Crippen LogP contribution < -0.4 is 31.9 Å². The molecule has 0 aromatic heterocycles. The molecule has 3 heterocycles. The predicted octanol–water partition coefficient (Wildman–Crippen LogP) is 12.6. The summed E-state index contributed by atoms with van der Waals surface area (Å²) in [7, 11) is 1.68. The Labute approximate surface area is 643 Å². The summed E-state index contributed by atoms with van der Waals surface area (Å²) >= 11 is 0. The summed E-state index contributed by atoms with van der Waals surface area (Å²) in [6.45, 7) is 25.9. The lowest BCUT2D eigenvalue weighted by Crippen LogP contribution is -2.43. The maximum atomic E-state index is 12.6. The summed E-state index contributed by atoms with van der Waals surface area (Å²) in [5, 5.41) is 16.8. The Morgan fingerprint density at radius 1 is 0.373 bits per heavy atom. The number of ketones is 4. The smallest absolute Gasteiger partial charge is 0.338 e. The minimum Gasteiger partial charge on any atom is -0.464 e. The lowest BCUT2D eigenvalue weighted by atomic mass is 9.90. The molecule has 3 fully saturated rings. The second kappa shape index (κ2) is 57.1. The van der Waals surface area contributed by atoms with Crippen molar-refractivity contribution in [3.05, 3.63) is 0 Å². The number of likely N-dealkylation sites (N-methyl/N-ethyl adjacent to an activating group) is 1. The van der Waals surface area contributed by atoms with Crippen LogP contribution in [0.25, 0.3) is 0 Å². The van der Waals surface area contributed by atoms with E-state index in [2.05, 4.69) is 59.6 Å². The lowest BCUT2D eigenvalue weighted by Gasteiger charge is -2.18. The molecule has 6 N–H and O–H groups in total. The Balaban J connectivity index is -0.000000699. The van der Waals surface area contributed by atoms with Gasteiger partial charge in [-0.25, -0.2) is 9.59 Å². The van der Waals surface area contributed by atoms with Crippen LogP contribution in [0.5, 0.6) is 0 Å². The van der Waals surface area contributed by atoms with Gasteiger partial charge in [0.2, 0.25) is 29.5 Å². The van der Waals surface area contributed by atoms with Gasteiger partial charge in [-0.15, -0.1) is 0 Å². The number of carbonyl (C=O) groups excluding carboxylic acids is 11. The normalized spacial score (nSPS) is 23.4. The van der Waals surface area contributed by atoms with E-state index in [1.807, 2.05) is 48.5 Å². The lowest BCUT2D eigenvalue weighted by molar-refractivity contribution is -0.145. The maximum absolute atomic E-state index is 12.6. The van der Waals surface area contributed by atoms with Gasteiger partial charge in [-0.3, -0.25) is 43.2 Å². The summed E-state index contributed by atoms with van der Waals surface area (Å²) < 4.78 is 152. The second-order valence-electron chi connectivity index (χ2n) is 28.8. The van der Waals surface area contributed by atoms with Gasteiger partial charge in [0.25, 0.3) is 0 Å². The molecular formula is C80H152N6O16. The Morgan fingerprint density at radius 2 is 0.647 bits per heavy atom. The Bertz CT molecular complexity index is 3060. The molecule has 22 heteroatoms. The van der Waals surface area contributed by atoms with Crippen molar-refractivity contribution in [1.29, 1.82) is 0 Å². The fourth-order valence-electron chi connectivity index (χ4n) is 9.93. The third-order valence-corrected chi connectivity index (χ3v) is 15.9. The molecule has 3 rings (SSSR count). The topological polar surface area (TPSA) is 316 Å². The van der Waals surface area contributed by atoms with Gasteiger partial charge in [0.05, 0.1) is 19.3 Å². The van der Waals surface area contributed by atoms with Crippen molar-refractivity contribution in [2.45, 2.75) is 313 Å². The van der Waals surface area contributed by atoms with Crippen LogP contribution in [0.3, 0.4) is 0 Å². The molecule has 0 saturated carbocycles. The number of nitrogens with one attached hydrogen (secondary N) is 6. The van der Waals surface area contributed by atoms with Gasteiger partial charge in [-0.1, -0.05) is 160 Å². The Kier molecular flexibility index (Phi) is 41.3. The molecule has 598 valence electrons. The zero-order valence-corrected chi connectivity index (χ0v) is 64.4. The van der Waals surface area contributed by atoms with E-state index in [0.29, 0.717) is 75.2 Å². The van der Waals surface area contributed by atoms with Crippen LogP contribution in [0.1, 0.15) is 294 Å². The Hall–Kier alpha value is -5.19. The molecule has 5 amide bonds. The molecule has 3 aliphatic heterocycles. The van der Waals surface area contributed by atoms with E-state index in [-0.39, 0.29) is 114 Å². The van der Waals surface area contributed by atoms with E-state index in [0.717, 1.165) is 32.1 Å². The van der Waals surface area contributed by atoms with Crippen LogP contribution in [-0.4, -0.2) is 160 Å². The molecule has 0 bridgehead atoms. The van der Waals surface area contributed by atoms with E-state index >= 15 is 0 Å². The zero-order valence-electron chi connectivity index (χ0n) is 81.4. The SMILES string of the molecule is C.C.[2H]C([2H])([2H])C(C)C[C@H](CC(=O)[C@H]1O[C@@H]1C(=O)OCC)C(=O)NCCC(C)C.[2H]C([2H])([2H])C(C)C[C@H](CC(=O)[C@H]1O[C@@H]1C(C)=O)C(=O)NCCC(C)C.[2H]C([2H])([2H])C(C)C[C@H](NC)C(=O)NCCC(C)C.[2H]C([2H])([2H])C([2H])(C)C[C@H](CC(=O)[C@H]1O[C@@H]1C(=O)OCC)C(=O)NCCC(C)C.[2H]C([2H])([2H])C([2H])(C)C[C@H](CC)C(=O)NCCC(C)C. The average Bonchev–Trinajstić information content (AvgIpc) is 1.67. The van der Waals surface area contributed by atoms with Gasteiger partial charge in [0, 0.05) is 99.0 Å². The standard InChI is InChI=1S/2C18H31NO5.C17H29NO4.C13H27NO.C12H26N2O.2CH4/c2*1-6-23-18(22)16-15(24-16)14(20)10-13(9-12(4)5)17(21)19-8-7-11(2)3;1-10(2)6-7-18-17(21)13(8-11(3)4)9-14(20)16-15(22-16)12(5)19;1-6-12(9-11(4)5)13(15)14-8-7-10(2)3;1-9(2)6-7-14-12(15)11(13-5)8-10(3)4;;/h2*11-13,15-16H,6-10H2,1-5H3,(H,19,21);10-11,13,15-16H,6-9H2,1-5H3,(H,18,21);10-12H,6-9H2,1-5H3,(H,14,15);9-11,13H,6-8H2,1-5H3,(H,14,15);2*1H4/t2*13-,15-,16+;13-,15-,16-;12-;11-;;/m11100../s1/i4D3,12D;4D3;3D3;4D3,11D;3D3;;/t2*12?,13-,15-,16+;11?,13-,15-,16-;11?,12-;10?,11-;;. The second-order valence-corrected chi connectivity index (χ2v) is 28.8. The number of amides is 5. The first kappa shape index (κ1) is 73.7. The average molecular weight is 1470 g/mol. The van der Waals surface area contributed by atoms with E-state index < -0.39 is 154 Å². The van der Waals surface area contributed by atoms with Gasteiger partial charge in [-0.05, 0) is 158 Å². The highest BCUT2D eigenvalue weighted by atomic mass is 16.6. The summed E-state index contributed by atoms with van der Waals surface area (Å²) in [5.74, 6) is -10.0. The van der Waals surface area contributed by atoms with Gasteiger partial charge in [0.15, 0.2) is 47.5 Å². The van der Waals surface area contributed by atoms with Crippen molar-refractivity contribution in [1.82, 2.24) is 31.9 Å². The number of rotatable bonds is 46. The van der Waals surface area contributed by atoms with Crippen molar-refractivity contribution in [2.75, 3.05) is 53.0 Å². The fraction of sp³-hybridized carbons (Fsp3) is 0.863. The highest BCUT2D eigenvalue weighted by Gasteiger charge is 2.53. The monoisotopic (exact) mass is 1470 g/mol. The minimum absolute atomic E-state index is 0. The first-order valence-corrected chi connectivity index (χ1v) is 36.3. The highest BCUT2D eigenvalue weighted by Crippen LogP contribution is 2.31. The van der Waals surface area contributed by atoms with Gasteiger partial charge < -0.3 is 55.6 Å². The molecule has 0 spiro atoms. The number of carbonyl (C=O) groups is 11. The molecule has 0 radical (unpaired) electrons. The summed E-state index contributed by atoms with van der Waals surface area (Å²) in [6, 6.07) is -0.437. The van der Waals surface area contributed by atoms with Crippen molar-refractivity contribution in [2.24, 2.45) is 82.8 Å². The van der Waals surface area contributed by atoms with Crippen LogP contribution in [-0.2, 0) is 76.4 Å². The molecular weight excluding hydrogens is 1300 g/mol. The first-order valence-electron chi connectivity index (χ1n) is 44.8. The van der Waals surface area contributed by atoms with Crippen molar-refractivity contribution in [3.63, 3.8) is 0 Å². The number of hydrogen-bond acceptors (Lipinski definition) is 17. The van der Waals surface area contributed by atoms with E-state index in [4.69, 9.17) is 47.0 Å². The fourth-order valence-corrected chi connectivity index (χ4v) is 9.93. The number of Topliss-reactive ketones (excluding diaryl/α,β-unsaturated/α-hetero) is 4. The molecule has 22 nitrogen and oxygen atoms in total. The van der Waals surface area contributed by atoms with Crippen molar-refractivity contribution in [3.8, 4) is 0 Å². The van der Waals surface area contributed by atoms with Gasteiger partial charge in [0.1, 0.15) is 12.2 Å². The summed E-state index contributed by atoms with van der Waals surface area (Å²) in [4.78, 5) is 133. The predicted molar refractivity (Wildman–Crippen MR) is 409 cm³/mol. The number of epoxide rings is 3. The zero-order chi connectivity index (χ0) is 91.4. The Morgan fingerprint density at radius 3 is 0.912 bits per heavy atom. The van der Waals surface area contributed by atoms with Crippen LogP contribution in [0.15, 0.2) is 0 Å². The van der Waals surface area contributed by atoms with Gasteiger partial charge >= 0.3 is 11.9 Å². The summed E-state index contributed by atoms with van der Waals surface area (Å²) in [5.41, 5.74) is 0.